The minimum atomic E-state index is 0.0208. The Kier molecular flexibility index (Phi) is 2.38. The summed E-state index contributed by atoms with van der Waals surface area (Å²) in [5.41, 5.74) is 0.0390. The highest BCUT2D eigenvalue weighted by Gasteiger charge is 2.28. The minimum absolute atomic E-state index is 0.0208. The summed E-state index contributed by atoms with van der Waals surface area (Å²) in [5.74, 6) is 0.456. The van der Waals surface area contributed by atoms with Crippen molar-refractivity contribution in [2.75, 3.05) is 6.61 Å². The van der Waals surface area contributed by atoms with Crippen LogP contribution >= 0.6 is 12.6 Å². The van der Waals surface area contributed by atoms with Crippen molar-refractivity contribution in [3.63, 3.8) is 0 Å². The van der Waals surface area contributed by atoms with E-state index < -0.39 is 0 Å². The molecule has 2 nitrogen and oxygen atoms in total. The van der Waals surface area contributed by atoms with Crippen molar-refractivity contribution in [2.24, 2.45) is 5.92 Å². The molecule has 1 N–H and O–H groups in total. The van der Waals surface area contributed by atoms with Crippen molar-refractivity contribution in [3.05, 3.63) is 0 Å². The van der Waals surface area contributed by atoms with E-state index in [0.29, 0.717) is 5.92 Å². The molecule has 9 heavy (non-hydrogen) atoms. The first-order valence-electron chi connectivity index (χ1n) is 3.18. The standard InChI is InChI=1S/C6H12O2S/c1-4-2-6(9)8-5(4)3-7/h4-7,9H,2-3H2,1H3/t4?,5-,6+/m1/s1. The smallest absolute Gasteiger partial charge is 0.101 e. The summed E-state index contributed by atoms with van der Waals surface area (Å²) in [7, 11) is 0. The van der Waals surface area contributed by atoms with Gasteiger partial charge in [-0.15, -0.1) is 12.6 Å². The van der Waals surface area contributed by atoms with Gasteiger partial charge in [-0.05, 0) is 12.3 Å². The molecule has 0 saturated carbocycles. The average molecular weight is 148 g/mol. The van der Waals surface area contributed by atoms with E-state index in [4.69, 9.17) is 9.84 Å². The molecule has 0 aromatic carbocycles. The van der Waals surface area contributed by atoms with Gasteiger partial charge in [0, 0.05) is 0 Å². The Morgan fingerprint density at radius 1 is 1.78 bits per heavy atom. The van der Waals surface area contributed by atoms with Crippen LogP contribution in [-0.2, 0) is 4.74 Å². The zero-order valence-electron chi connectivity index (χ0n) is 5.45. The minimum Gasteiger partial charge on any atom is -0.394 e. The fourth-order valence-corrected chi connectivity index (χ4v) is 1.57. The van der Waals surface area contributed by atoms with Crippen LogP contribution in [0.2, 0.25) is 0 Å². The van der Waals surface area contributed by atoms with Crippen LogP contribution in [-0.4, -0.2) is 23.3 Å². The van der Waals surface area contributed by atoms with Crippen LogP contribution in [0.5, 0.6) is 0 Å². The Bertz CT molecular complexity index is 97.1. The molecule has 1 fully saturated rings. The lowest BCUT2D eigenvalue weighted by molar-refractivity contribution is 0.0326. The van der Waals surface area contributed by atoms with Gasteiger partial charge in [0.25, 0.3) is 0 Å². The molecule has 1 saturated heterocycles. The molecule has 3 atom stereocenters. The van der Waals surface area contributed by atoms with Crippen LogP contribution in [0.25, 0.3) is 0 Å². The van der Waals surface area contributed by atoms with Gasteiger partial charge in [0.2, 0.25) is 0 Å². The molecule has 0 amide bonds. The monoisotopic (exact) mass is 148 g/mol. The predicted octanol–water partition coefficient (Wildman–Crippen LogP) is 0.660. The second-order valence-corrected chi connectivity index (χ2v) is 3.10. The number of thiol groups is 1. The van der Waals surface area contributed by atoms with E-state index in [1.807, 2.05) is 0 Å². The second-order valence-electron chi connectivity index (χ2n) is 2.52. The molecule has 1 rings (SSSR count). The van der Waals surface area contributed by atoms with E-state index >= 15 is 0 Å². The van der Waals surface area contributed by atoms with Gasteiger partial charge in [-0.3, -0.25) is 0 Å². The first kappa shape index (κ1) is 7.38. The summed E-state index contributed by atoms with van der Waals surface area (Å²) in [6.07, 6.45) is 0.974. The molecule has 1 heterocycles. The quantitative estimate of drug-likeness (QED) is 0.535. The highest BCUT2D eigenvalue weighted by atomic mass is 32.1. The fourth-order valence-electron chi connectivity index (χ4n) is 1.08. The van der Waals surface area contributed by atoms with Gasteiger partial charge in [0.05, 0.1) is 12.7 Å². The van der Waals surface area contributed by atoms with Crippen molar-refractivity contribution in [3.8, 4) is 0 Å². The number of aliphatic hydroxyl groups is 1. The normalized spacial score (nSPS) is 43.7. The molecule has 1 unspecified atom stereocenters. The molecular weight excluding hydrogens is 136 g/mol. The van der Waals surface area contributed by atoms with Crippen LogP contribution in [0, 0.1) is 5.92 Å². The van der Waals surface area contributed by atoms with Gasteiger partial charge in [0.1, 0.15) is 5.44 Å². The van der Waals surface area contributed by atoms with Gasteiger partial charge in [-0.25, -0.2) is 0 Å². The molecular formula is C6H12O2S. The summed E-state index contributed by atoms with van der Waals surface area (Å²) in [4.78, 5) is 0. The van der Waals surface area contributed by atoms with Crippen molar-refractivity contribution in [1.29, 1.82) is 0 Å². The number of ether oxygens (including phenoxy) is 1. The molecule has 1 aliphatic heterocycles. The van der Waals surface area contributed by atoms with Crippen LogP contribution in [0.3, 0.4) is 0 Å². The van der Waals surface area contributed by atoms with E-state index in [-0.39, 0.29) is 18.1 Å². The maximum absolute atomic E-state index is 8.70. The zero-order valence-corrected chi connectivity index (χ0v) is 6.34. The lowest BCUT2D eigenvalue weighted by atomic mass is 10.1. The van der Waals surface area contributed by atoms with E-state index in [1.54, 1.807) is 0 Å². The molecule has 3 heteroatoms. The molecule has 0 radical (unpaired) electrons. The third-order valence-electron chi connectivity index (χ3n) is 1.72. The summed E-state index contributed by atoms with van der Waals surface area (Å²) >= 11 is 4.13. The highest BCUT2D eigenvalue weighted by molar-refractivity contribution is 7.80. The van der Waals surface area contributed by atoms with Crippen molar-refractivity contribution in [2.45, 2.75) is 24.9 Å². The number of hydrogen-bond donors (Lipinski definition) is 2. The van der Waals surface area contributed by atoms with Crippen LogP contribution in [0.15, 0.2) is 0 Å². The topological polar surface area (TPSA) is 29.5 Å². The van der Waals surface area contributed by atoms with Crippen LogP contribution in [0.1, 0.15) is 13.3 Å². The number of rotatable bonds is 1. The molecule has 0 aromatic rings. The summed E-state index contributed by atoms with van der Waals surface area (Å²) in [6.45, 7) is 2.19. The molecule has 0 aliphatic carbocycles. The lowest BCUT2D eigenvalue weighted by Crippen LogP contribution is -2.17. The highest BCUT2D eigenvalue weighted by Crippen LogP contribution is 2.27. The third-order valence-corrected chi connectivity index (χ3v) is 2.05. The molecule has 0 spiro atoms. The first-order valence-corrected chi connectivity index (χ1v) is 3.70. The molecule has 0 aromatic heterocycles. The Labute approximate surface area is 60.6 Å². The predicted molar refractivity (Wildman–Crippen MR) is 38.5 cm³/mol. The number of aliphatic hydroxyl groups excluding tert-OH is 1. The zero-order chi connectivity index (χ0) is 6.85. The Morgan fingerprint density at radius 2 is 2.44 bits per heavy atom. The maximum Gasteiger partial charge on any atom is 0.101 e. The summed E-state index contributed by atoms with van der Waals surface area (Å²) in [5, 5.41) is 8.70. The molecule has 54 valence electrons. The Morgan fingerprint density at radius 3 is 2.67 bits per heavy atom. The molecule has 0 bridgehead atoms. The lowest BCUT2D eigenvalue weighted by Gasteiger charge is -2.09. The second kappa shape index (κ2) is 2.90. The summed E-state index contributed by atoms with van der Waals surface area (Å²) < 4.78 is 5.24. The first-order chi connectivity index (χ1) is 4.24. The van der Waals surface area contributed by atoms with Gasteiger partial charge >= 0.3 is 0 Å². The van der Waals surface area contributed by atoms with Gasteiger partial charge in [0.15, 0.2) is 0 Å². The maximum atomic E-state index is 8.70. The number of hydrogen-bond acceptors (Lipinski definition) is 3. The molecule has 1 aliphatic rings. The SMILES string of the molecule is CC1C[C@H](S)O[C@@H]1CO. The Balaban J connectivity index is 2.38. The Hall–Kier alpha value is 0.270. The van der Waals surface area contributed by atoms with Gasteiger partial charge in [-0.2, -0.15) is 0 Å². The van der Waals surface area contributed by atoms with E-state index in [9.17, 15) is 0 Å². The van der Waals surface area contributed by atoms with E-state index in [0.717, 1.165) is 6.42 Å². The van der Waals surface area contributed by atoms with Gasteiger partial charge < -0.3 is 9.84 Å². The van der Waals surface area contributed by atoms with E-state index in [1.165, 1.54) is 0 Å². The van der Waals surface area contributed by atoms with Crippen molar-refractivity contribution >= 4 is 12.6 Å². The fraction of sp³-hybridized carbons (Fsp3) is 1.00. The van der Waals surface area contributed by atoms with Gasteiger partial charge in [-0.1, -0.05) is 6.92 Å². The average Bonchev–Trinajstić information content (AvgIpc) is 2.10. The van der Waals surface area contributed by atoms with E-state index in [2.05, 4.69) is 19.6 Å². The largest absolute Gasteiger partial charge is 0.394 e. The summed E-state index contributed by atoms with van der Waals surface area (Å²) in [6, 6.07) is 0. The van der Waals surface area contributed by atoms with Crippen LogP contribution < -0.4 is 0 Å². The van der Waals surface area contributed by atoms with Crippen molar-refractivity contribution in [1.82, 2.24) is 0 Å². The van der Waals surface area contributed by atoms with Crippen LogP contribution in [0.4, 0.5) is 0 Å². The third kappa shape index (κ3) is 1.60. The van der Waals surface area contributed by atoms with Crippen molar-refractivity contribution < 1.29 is 9.84 Å².